The summed E-state index contributed by atoms with van der Waals surface area (Å²) in [6, 6.07) is 10.8. The van der Waals surface area contributed by atoms with Crippen LogP contribution in [-0.4, -0.2) is 28.9 Å². The lowest BCUT2D eigenvalue weighted by molar-refractivity contribution is 0.487. The van der Waals surface area contributed by atoms with Crippen LogP contribution in [0.5, 0.6) is 0 Å². The fourth-order valence-corrected chi connectivity index (χ4v) is 2.22. The maximum absolute atomic E-state index is 6.00. The number of rotatable bonds is 3. The highest BCUT2D eigenvalue weighted by Gasteiger charge is 2.27. The summed E-state index contributed by atoms with van der Waals surface area (Å²) in [6.07, 6.45) is 4.27. The van der Waals surface area contributed by atoms with Gasteiger partial charge in [0, 0.05) is 24.7 Å². The molecule has 1 aliphatic carbocycles. The molecular formula is C15H18N4. The normalized spacial score (nSPS) is 15.7. The highest BCUT2D eigenvalue weighted by Crippen LogP contribution is 2.25. The van der Waals surface area contributed by atoms with Crippen molar-refractivity contribution in [3.63, 3.8) is 0 Å². The number of fused-ring (bicyclic) bond motifs is 1. The number of guanidine groups is 1. The molecule has 3 rings (SSSR count). The Hall–Kier alpha value is -2.10. The molecule has 0 bridgehead atoms. The average molecular weight is 254 g/mol. The molecule has 0 aliphatic heterocycles. The number of hydrogen-bond donors (Lipinski definition) is 1. The highest BCUT2D eigenvalue weighted by molar-refractivity contribution is 5.84. The molecule has 1 aliphatic rings. The Morgan fingerprint density at radius 3 is 2.95 bits per heavy atom. The molecular weight excluding hydrogens is 236 g/mol. The topological polar surface area (TPSA) is 54.5 Å². The quantitative estimate of drug-likeness (QED) is 0.674. The van der Waals surface area contributed by atoms with E-state index in [9.17, 15) is 0 Å². The Labute approximate surface area is 113 Å². The van der Waals surface area contributed by atoms with E-state index < -0.39 is 0 Å². The molecule has 0 unspecified atom stereocenters. The molecule has 0 saturated heterocycles. The van der Waals surface area contributed by atoms with Crippen LogP contribution >= 0.6 is 0 Å². The Morgan fingerprint density at radius 1 is 1.37 bits per heavy atom. The van der Waals surface area contributed by atoms with Gasteiger partial charge in [0.2, 0.25) is 0 Å². The van der Waals surface area contributed by atoms with E-state index in [-0.39, 0.29) is 0 Å². The van der Waals surface area contributed by atoms with E-state index in [1.807, 2.05) is 31.4 Å². The smallest absolute Gasteiger partial charge is 0.191 e. The SMILES string of the molecule is CN(C(N)=NCc1nccc2ccccc12)C1CC1. The molecule has 0 spiro atoms. The Balaban J connectivity index is 1.83. The van der Waals surface area contributed by atoms with E-state index in [0.717, 1.165) is 11.1 Å². The van der Waals surface area contributed by atoms with Crippen LogP contribution in [0.3, 0.4) is 0 Å². The van der Waals surface area contributed by atoms with Crippen molar-refractivity contribution in [3.05, 3.63) is 42.2 Å². The van der Waals surface area contributed by atoms with Crippen molar-refractivity contribution in [1.82, 2.24) is 9.88 Å². The van der Waals surface area contributed by atoms with Gasteiger partial charge < -0.3 is 10.6 Å². The van der Waals surface area contributed by atoms with E-state index in [4.69, 9.17) is 5.73 Å². The van der Waals surface area contributed by atoms with Crippen LogP contribution in [-0.2, 0) is 6.54 Å². The number of benzene rings is 1. The number of nitrogens with zero attached hydrogens (tertiary/aromatic N) is 3. The van der Waals surface area contributed by atoms with Gasteiger partial charge in [-0.2, -0.15) is 0 Å². The van der Waals surface area contributed by atoms with E-state index in [1.54, 1.807) is 0 Å². The second-order valence-electron chi connectivity index (χ2n) is 5.00. The van der Waals surface area contributed by atoms with Gasteiger partial charge >= 0.3 is 0 Å². The van der Waals surface area contributed by atoms with Crippen LogP contribution in [0.2, 0.25) is 0 Å². The number of nitrogens with two attached hydrogens (primary N) is 1. The zero-order valence-corrected chi connectivity index (χ0v) is 11.1. The molecule has 19 heavy (non-hydrogen) atoms. The minimum Gasteiger partial charge on any atom is -0.370 e. The molecule has 2 N–H and O–H groups in total. The summed E-state index contributed by atoms with van der Waals surface area (Å²) in [6.45, 7) is 0.532. The Bertz CT molecular complexity index is 611. The lowest BCUT2D eigenvalue weighted by atomic mass is 10.1. The summed E-state index contributed by atoms with van der Waals surface area (Å²) < 4.78 is 0. The van der Waals surface area contributed by atoms with E-state index in [2.05, 4.69) is 27.0 Å². The first-order valence-electron chi connectivity index (χ1n) is 6.61. The van der Waals surface area contributed by atoms with E-state index in [0.29, 0.717) is 18.5 Å². The van der Waals surface area contributed by atoms with Crippen molar-refractivity contribution >= 4 is 16.7 Å². The zero-order valence-electron chi connectivity index (χ0n) is 11.1. The van der Waals surface area contributed by atoms with Crippen LogP contribution in [0.15, 0.2) is 41.5 Å². The maximum Gasteiger partial charge on any atom is 0.191 e. The predicted octanol–water partition coefficient (Wildman–Crippen LogP) is 2.14. The average Bonchev–Trinajstić information content (AvgIpc) is 3.28. The molecule has 1 heterocycles. The third-order valence-electron chi connectivity index (χ3n) is 3.60. The van der Waals surface area contributed by atoms with Crippen LogP contribution in [0.4, 0.5) is 0 Å². The van der Waals surface area contributed by atoms with Crippen LogP contribution in [0.1, 0.15) is 18.5 Å². The molecule has 2 aromatic rings. The predicted molar refractivity (Wildman–Crippen MR) is 77.9 cm³/mol. The summed E-state index contributed by atoms with van der Waals surface area (Å²) in [7, 11) is 2.01. The van der Waals surface area contributed by atoms with Gasteiger partial charge in [-0.25, -0.2) is 4.99 Å². The summed E-state index contributed by atoms with van der Waals surface area (Å²) in [5, 5.41) is 2.34. The van der Waals surface area contributed by atoms with Gasteiger partial charge in [-0.3, -0.25) is 4.98 Å². The monoisotopic (exact) mass is 254 g/mol. The number of aromatic nitrogens is 1. The van der Waals surface area contributed by atoms with Gasteiger partial charge in [0.1, 0.15) is 0 Å². The molecule has 1 saturated carbocycles. The van der Waals surface area contributed by atoms with Gasteiger partial charge in [-0.1, -0.05) is 24.3 Å². The standard InChI is InChI=1S/C15H18N4/c1-19(12-6-7-12)15(16)18-10-14-13-5-3-2-4-11(13)8-9-17-14/h2-5,8-9,12H,6-7,10H2,1H3,(H2,16,18). The van der Waals surface area contributed by atoms with Crippen molar-refractivity contribution in [3.8, 4) is 0 Å². The fraction of sp³-hybridized carbons (Fsp3) is 0.333. The fourth-order valence-electron chi connectivity index (χ4n) is 2.22. The van der Waals surface area contributed by atoms with E-state index >= 15 is 0 Å². The summed E-state index contributed by atoms with van der Waals surface area (Å²) in [5.74, 6) is 0.609. The van der Waals surface area contributed by atoms with Gasteiger partial charge in [-0.15, -0.1) is 0 Å². The molecule has 4 heteroatoms. The molecule has 0 amide bonds. The lowest BCUT2D eigenvalue weighted by Crippen LogP contribution is -2.35. The first-order chi connectivity index (χ1) is 9.25. The lowest BCUT2D eigenvalue weighted by Gasteiger charge is -2.16. The Morgan fingerprint density at radius 2 is 2.16 bits per heavy atom. The third-order valence-corrected chi connectivity index (χ3v) is 3.60. The van der Waals surface area contributed by atoms with Crippen molar-refractivity contribution in [2.45, 2.75) is 25.4 Å². The zero-order chi connectivity index (χ0) is 13.2. The molecule has 0 radical (unpaired) electrons. The molecule has 1 fully saturated rings. The van der Waals surface area contributed by atoms with Gasteiger partial charge in [0.05, 0.1) is 12.2 Å². The minimum absolute atomic E-state index is 0.532. The highest BCUT2D eigenvalue weighted by atomic mass is 15.3. The van der Waals surface area contributed by atoms with Gasteiger partial charge in [0.25, 0.3) is 0 Å². The Kier molecular flexibility index (Phi) is 3.07. The van der Waals surface area contributed by atoms with Crippen molar-refractivity contribution < 1.29 is 0 Å². The third kappa shape index (κ3) is 2.52. The second kappa shape index (κ2) is 4.88. The first kappa shape index (κ1) is 12.0. The molecule has 1 aromatic heterocycles. The maximum atomic E-state index is 6.00. The van der Waals surface area contributed by atoms with Crippen molar-refractivity contribution in [2.24, 2.45) is 10.7 Å². The van der Waals surface area contributed by atoms with Crippen molar-refractivity contribution in [2.75, 3.05) is 7.05 Å². The molecule has 0 atom stereocenters. The number of pyridine rings is 1. The molecule has 1 aromatic carbocycles. The first-order valence-corrected chi connectivity index (χ1v) is 6.61. The van der Waals surface area contributed by atoms with E-state index in [1.165, 1.54) is 18.2 Å². The van der Waals surface area contributed by atoms with Gasteiger partial charge in [0.15, 0.2) is 5.96 Å². The summed E-state index contributed by atoms with van der Waals surface area (Å²) in [5.41, 5.74) is 6.98. The molecule has 98 valence electrons. The van der Waals surface area contributed by atoms with Crippen LogP contribution in [0.25, 0.3) is 10.8 Å². The van der Waals surface area contributed by atoms with Crippen molar-refractivity contribution in [1.29, 1.82) is 0 Å². The largest absolute Gasteiger partial charge is 0.370 e. The number of hydrogen-bond acceptors (Lipinski definition) is 2. The minimum atomic E-state index is 0.532. The summed E-state index contributed by atoms with van der Waals surface area (Å²) in [4.78, 5) is 10.9. The second-order valence-corrected chi connectivity index (χ2v) is 5.00. The van der Waals surface area contributed by atoms with Crippen LogP contribution in [0, 0.1) is 0 Å². The molecule has 4 nitrogen and oxygen atoms in total. The van der Waals surface area contributed by atoms with Gasteiger partial charge in [-0.05, 0) is 24.3 Å². The van der Waals surface area contributed by atoms with Crippen LogP contribution < -0.4 is 5.73 Å². The number of aliphatic imine (C=N–C) groups is 1. The summed E-state index contributed by atoms with van der Waals surface area (Å²) >= 11 is 0.